The van der Waals surface area contributed by atoms with E-state index >= 15 is 0 Å². The standard InChI is InChI=1S/C15H15ClFN3S/c1-9-3-6-14(10(2)7-9)19-20-15(21)18-11-4-5-13(17)12(16)8-11/h3-8,19H,1-2H3,(H2,18,20,21). The van der Waals surface area contributed by atoms with Gasteiger partial charge in [0.2, 0.25) is 0 Å². The Kier molecular flexibility index (Phi) is 4.98. The van der Waals surface area contributed by atoms with Crippen LogP contribution in [0.4, 0.5) is 15.8 Å². The van der Waals surface area contributed by atoms with Crippen LogP contribution in [0.3, 0.4) is 0 Å². The summed E-state index contributed by atoms with van der Waals surface area (Å²) >= 11 is 10.9. The Hall–Kier alpha value is -1.85. The van der Waals surface area contributed by atoms with Gasteiger partial charge in [-0.15, -0.1) is 0 Å². The number of nitrogens with one attached hydrogen (secondary N) is 3. The van der Waals surface area contributed by atoms with Crippen molar-refractivity contribution >= 4 is 40.3 Å². The third-order valence-corrected chi connectivity index (χ3v) is 3.36. The number of anilines is 2. The minimum Gasteiger partial charge on any atom is -0.331 e. The number of thiocarbonyl (C=S) groups is 1. The van der Waals surface area contributed by atoms with E-state index in [4.69, 9.17) is 23.8 Å². The molecule has 0 unspecified atom stereocenters. The van der Waals surface area contributed by atoms with Gasteiger partial charge in [0.15, 0.2) is 5.11 Å². The second-order valence-corrected chi connectivity index (χ2v) is 5.47. The molecule has 0 aliphatic rings. The number of hydrogen-bond donors (Lipinski definition) is 3. The fourth-order valence-electron chi connectivity index (χ4n) is 1.81. The van der Waals surface area contributed by atoms with Gasteiger partial charge in [-0.1, -0.05) is 29.3 Å². The molecule has 0 aliphatic carbocycles. The number of benzene rings is 2. The monoisotopic (exact) mass is 323 g/mol. The van der Waals surface area contributed by atoms with Crippen LogP contribution in [0.2, 0.25) is 5.02 Å². The quantitative estimate of drug-likeness (QED) is 0.577. The van der Waals surface area contributed by atoms with E-state index in [-0.39, 0.29) is 5.02 Å². The van der Waals surface area contributed by atoms with Crippen molar-refractivity contribution in [1.82, 2.24) is 5.43 Å². The van der Waals surface area contributed by atoms with Gasteiger partial charge in [0.25, 0.3) is 0 Å². The third-order valence-electron chi connectivity index (χ3n) is 2.87. The van der Waals surface area contributed by atoms with Crippen molar-refractivity contribution in [1.29, 1.82) is 0 Å². The summed E-state index contributed by atoms with van der Waals surface area (Å²) < 4.78 is 13.1. The SMILES string of the molecule is Cc1ccc(NNC(=S)Nc2ccc(F)c(Cl)c2)c(C)c1. The summed E-state index contributed by atoms with van der Waals surface area (Å²) in [6, 6.07) is 10.4. The van der Waals surface area contributed by atoms with Crippen molar-refractivity contribution in [2.45, 2.75) is 13.8 Å². The van der Waals surface area contributed by atoms with Crippen molar-refractivity contribution in [3.63, 3.8) is 0 Å². The molecule has 0 aromatic heterocycles. The van der Waals surface area contributed by atoms with Crippen LogP contribution >= 0.6 is 23.8 Å². The largest absolute Gasteiger partial charge is 0.331 e. The van der Waals surface area contributed by atoms with Crippen LogP contribution in [-0.2, 0) is 0 Å². The van der Waals surface area contributed by atoms with E-state index in [1.165, 1.54) is 17.7 Å². The average molecular weight is 324 g/mol. The maximum Gasteiger partial charge on any atom is 0.189 e. The van der Waals surface area contributed by atoms with E-state index in [1.807, 2.05) is 26.0 Å². The summed E-state index contributed by atoms with van der Waals surface area (Å²) in [4.78, 5) is 0. The molecule has 0 heterocycles. The van der Waals surface area contributed by atoms with E-state index in [1.54, 1.807) is 6.07 Å². The van der Waals surface area contributed by atoms with Gasteiger partial charge in [-0.25, -0.2) is 4.39 Å². The van der Waals surface area contributed by atoms with Crippen LogP contribution in [0.25, 0.3) is 0 Å². The molecule has 3 nitrogen and oxygen atoms in total. The molecule has 6 heteroatoms. The lowest BCUT2D eigenvalue weighted by Crippen LogP contribution is -2.33. The van der Waals surface area contributed by atoms with E-state index in [2.05, 4.69) is 22.2 Å². The lowest BCUT2D eigenvalue weighted by atomic mass is 10.1. The summed E-state index contributed by atoms with van der Waals surface area (Å²) in [6.07, 6.45) is 0. The summed E-state index contributed by atoms with van der Waals surface area (Å²) in [6.45, 7) is 4.04. The Morgan fingerprint density at radius 2 is 1.90 bits per heavy atom. The minimum atomic E-state index is -0.463. The first-order valence-electron chi connectivity index (χ1n) is 6.31. The van der Waals surface area contributed by atoms with Crippen LogP contribution in [0, 0.1) is 19.7 Å². The molecule has 0 fully saturated rings. The normalized spacial score (nSPS) is 10.1. The Balaban J connectivity index is 1.94. The van der Waals surface area contributed by atoms with E-state index in [0.717, 1.165) is 11.3 Å². The van der Waals surface area contributed by atoms with Crippen LogP contribution in [0.15, 0.2) is 36.4 Å². The van der Waals surface area contributed by atoms with Gasteiger partial charge in [0.1, 0.15) is 5.82 Å². The second-order valence-electron chi connectivity index (χ2n) is 4.65. The molecule has 0 spiro atoms. The molecule has 3 N–H and O–H groups in total. The number of rotatable bonds is 3. The lowest BCUT2D eigenvalue weighted by Gasteiger charge is -2.14. The maximum atomic E-state index is 13.1. The summed E-state index contributed by atoms with van der Waals surface area (Å²) in [5, 5.41) is 3.32. The van der Waals surface area contributed by atoms with Crippen molar-refractivity contribution in [2.75, 3.05) is 10.7 Å². The van der Waals surface area contributed by atoms with Gasteiger partial charge in [0.05, 0.1) is 10.7 Å². The molecule has 0 bridgehead atoms. The molecule has 0 amide bonds. The van der Waals surface area contributed by atoms with Crippen molar-refractivity contribution in [3.8, 4) is 0 Å². The number of aryl methyl sites for hydroxylation is 2. The highest BCUT2D eigenvalue weighted by Crippen LogP contribution is 2.19. The molecule has 0 aliphatic heterocycles. The first-order chi connectivity index (χ1) is 9.95. The highest BCUT2D eigenvalue weighted by molar-refractivity contribution is 7.80. The summed E-state index contributed by atoms with van der Waals surface area (Å²) in [5.41, 5.74) is 9.75. The Morgan fingerprint density at radius 1 is 1.14 bits per heavy atom. The molecule has 2 rings (SSSR count). The fraction of sp³-hybridized carbons (Fsp3) is 0.133. The molecule has 21 heavy (non-hydrogen) atoms. The molecule has 0 saturated heterocycles. The topological polar surface area (TPSA) is 36.1 Å². The zero-order valence-electron chi connectivity index (χ0n) is 11.6. The highest BCUT2D eigenvalue weighted by atomic mass is 35.5. The lowest BCUT2D eigenvalue weighted by molar-refractivity contribution is 0.628. The van der Waals surface area contributed by atoms with Gasteiger partial charge < -0.3 is 5.32 Å². The fourth-order valence-corrected chi connectivity index (χ4v) is 2.16. The molecule has 0 atom stereocenters. The predicted molar refractivity (Wildman–Crippen MR) is 90.3 cm³/mol. The Morgan fingerprint density at radius 3 is 2.57 bits per heavy atom. The Labute approximate surface area is 133 Å². The Bertz CT molecular complexity index is 676. The van der Waals surface area contributed by atoms with Gasteiger partial charge in [0, 0.05) is 5.69 Å². The molecule has 0 saturated carbocycles. The first-order valence-corrected chi connectivity index (χ1v) is 7.09. The van der Waals surface area contributed by atoms with Crippen LogP contribution in [-0.4, -0.2) is 5.11 Å². The van der Waals surface area contributed by atoms with Crippen molar-refractivity contribution in [2.24, 2.45) is 0 Å². The minimum absolute atomic E-state index is 0.0464. The first kappa shape index (κ1) is 15.5. The summed E-state index contributed by atoms with van der Waals surface area (Å²) in [7, 11) is 0. The zero-order valence-corrected chi connectivity index (χ0v) is 13.2. The van der Waals surface area contributed by atoms with Gasteiger partial charge in [-0.2, -0.15) is 0 Å². The third kappa shape index (κ3) is 4.31. The van der Waals surface area contributed by atoms with E-state index < -0.39 is 5.82 Å². The number of hydrazine groups is 1. The van der Waals surface area contributed by atoms with Crippen molar-refractivity contribution < 1.29 is 4.39 Å². The van der Waals surface area contributed by atoms with E-state index in [9.17, 15) is 4.39 Å². The molecule has 110 valence electrons. The second kappa shape index (κ2) is 6.74. The van der Waals surface area contributed by atoms with E-state index in [0.29, 0.717) is 10.8 Å². The predicted octanol–water partition coefficient (Wildman–Crippen LogP) is 4.41. The van der Waals surface area contributed by atoms with Crippen LogP contribution in [0.1, 0.15) is 11.1 Å². The van der Waals surface area contributed by atoms with Gasteiger partial charge in [-0.3, -0.25) is 10.9 Å². The molecular formula is C15H15ClFN3S. The van der Waals surface area contributed by atoms with Gasteiger partial charge in [-0.05, 0) is 55.9 Å². The highest BCUT2D eigenvalue weighted by Gasteiger charge is 2.03. The number of halogens is 2. The zero-order chi connectivity index (χ0) is 15.4. The summed E-state index contributed by atoms with van der Waals surface area (Å²) in [5.74, 6) is -0.463. The van der Waals surface area contributed by atoms with Crippen LogP contribution < -0.4 is 16.2 Å². The molecule has 2 aromatic carbocycles. The maximum absolute atomic E-state index is 13.1. The van der Waals surface area contributed by atoms with Crippen molar-refractivity contribution in [3.05, 3.63) is 58.4 Å². The number of hydrogen-bond acceptors (Lipinski definition) is 2. The smallest absolute Gasteiger partial charge is 0.189 e. The molecule has 2 aromatic rings. The van der Waals surface area contributed by atoms with Crippen LogP contribution in [0.5, 0.6) is 0 Å². The molecular weight excluding hydrogens is 309 g/mol. The van der Waals surface area contributed by atoms with Gasteiger partial charge >= 0.3 is 0 Å². The average Bonchev–Trinajstić information content (AvgIpc) is 2.42. The molecule has 0 radical (unpaired) electrons.